The third kappa shape index (κ3) is 6.20. The zero-order valence-corrected chi connectivity index (χ0v) is 22.0. The van der Waals surface area contributed by atoms with E-state index in [2.05, 4.69) is 25.7 Å². The molecule has 196 valence electrons. The number of ether oxygens (including phenoxy) is 1. The summed E-state index contributed by atoms with van der Waals surface area (Å²) >= 11 is 1.35. The fourth-order valence-electron chi connectivity index (χ4n) is 4.52. The molecule has 0 radical (unpaired) electrons. The zero-order valence-electron chi connectivity index (χ0n) is 21.1. The molecule has 1 atom stereocenters. The Balaban J connectivity index is 1.50. The van der Waals surface area contributed by atoms with Crippen LogP contribution in [-0.4, -0.2) is 78.5 Å². The molecule has 10 heteroatoms. The lowest BCUT2D eigenvalue weighted by Gasteiger charge is -2.37. The summed E-state index contributed by atoms with van der Waals surface area (Å²) < 4.78 is 5.32. The normalized spacial score (nSPS) is 18.1. The lowest BCUT2D eigenvalue weighted by Crippen LogP contribution is -2.60. The minimum atomic E-state index is -0.502. The summed E-state index contributed by atoms with van der Waals surface area (Å²) in [5.41, 5.74) is 1.61. The maximum atomic E-state index is 13.3. The van der Waals surface area contributed by atoms with E-state index in [9.17, 15) is 19.7 Å². The Hall–Kier alpha value is -3.21. The van der Waals surface area contributed by atoms with Gasteiger partial charge in [-0.15, -0.1) is 0 Å². The van der Waals surface area contributed by atoms with Crippen LogP contribution in [0.15, 0.2) is 58.8 Å². The lowest BCUT2D eigenvalue weighted by molar-refractivity contribution is -0.387. The van der Waals surface area contributed by atoms with Crippen molar-refractivity contribution >= 4 is 34.8 Å². The van der Waals surface area contributed by atoms with Crippen molar-refractivity contribution in [3.8, 4) is 0 Å². The molecule has 0 spiro atoms. The molecular weight excluding hydrogens is 492 g/mol. The second-order valence-electron chi connectivity index (χ2n) is 9.41. The summed E-state index contributed by atoms with van der Waals surface area (Å²) in [6.45, 7) is 11.3. The lowest BCUT2D eigenvalue weighted by atomic mass is 10.0. The van der Waals surface area contributed by atoms with E-state index in [0.29, 0.717) is 49.9 Å². The van der Waals surface area contributed by atoms with Gasteiger partial charge in [0.2, 0.25) is 5.91 Å². The number of amides is 2. The Labute approximate surface area is 221 Å². The van der Waals surface area contributed by atoms with E-state index < -0.39 is 11.0 Å². The van der Waals surface area contributed by atoms with Gasteiger partial charge in [0.05, 0.1) is 23.0 Å². The first-order valence-electron chi connectivity index (χ1n) is 12.4. The van der Waals surface area contributed by atoms with Gasteiger partial charge in [0.15, 0.2) is 0 Å². The minimum absolute atomic E-state index is 0.0508. The highest BCUT2D eigenvalue weighted by molar-refractivity contribution is 7.99. The average molecular weight is 525 g/mol. The number of nitro benzene ring substituents is 1. The molecule has 37 heavy (non-hydrogen) atoms. The molecule has 9 nitrogen and oxygen atoms in total. The number of hydrogen-bond acceptors (Lipinski definition) is 7. The molecule has 1 N–H and O–H groups in total. The van der Waals surface area contributed by atoms with Crippen molar-refractivity contribution < 1.29 is 19.2 Å². The fraction of sp³-hybridized carbons (Fsp3) is 0.407. The van der Waals surface area contributed by atoms with Crippen LogP contribution >= 0.6 is 11.8 Å². The predicted octanol–water partition coefficient (Wildman–Crippen LogP) is 3.54. The molecule has 2 aromatic carbocycles. The number of nitrogens with one attached hydrogen (secondary N) is 1. The number of nitrogens with zero attached hydrogens (tertiary/aromatic N) is 3. The van der Waals surface area contributed by atoms with Gasteiger partial charge in [-0.25, -0.2) is 0 Å². The molecule has 1 unspecified atom stereocenters. The Bertz CT molecular complexity index is 1200. The molecule has 2 aromatic rings. The average Bonchev–Trinajstić information content (AvgIpc) is 2.92. The van der Waals surface area contributed by atoms with Gasteiger partial charge in [0.1, 0.15) is 6.04 Å². The maximum absolute atomic E-state index is 13.3. The highest BCUT2D eigenvalue weighted by Crippen LogP contribution is 2.39. The van der Waals surface area contributed by atoms with E-state index in [4.69, 9.17) is 4.74 Å². The molecule has 2 amide bonds. The Morgan fingerprint density at radius 2 is 1.84 bits per heavy atom. The number of carbonyl (C=O) groups excluding carboxylic acids is 2. The number of piperazine rings is 1. The van der Waals surface area contributed by atoms with Crippen LogP contribution in [0.5, 0.6) is 0 Å². The summed E-state index contributed by atoms with van der Waals surface area (Å²) in [5, 5.41) is 15.2. The van der Waals surface area contributed by atoms with E-state index in [1.165, 1.54) is 17.8 Å². The van der Waals surface area contributed by atoms with E-state index in [0.717, 1.165) is 10.5 Å². The zero-order chi connectivity index (χ0) is 26.5. The van der Waals surface area contributed by atoms with Gasteiger partial charge in [-0.05, 0) is 29.2 Å². The molecule has 0 aromatic heterocycles. The summed E-state index contributed by atoms with van der Waals surface area (Å²) in [7, 11) is 0. The van der Waals surface area contributed by atoms with Gasteiger partial charge in [-0.3, -0.25) is 19.7 Å². The quantitative estimate of drug-likeness (QED) is 0.336. The van der Waals surface area contributed by atoms with Crippen LogP contribution in [-0.2, 0) is 14.3 Å². The van der Waals surface area contributed by atoms with Crippen LogP contribution in [0.4, 0.5) is 5.69 Å². The third-order valence-corrected chi connectivity index (χ3v) is 7.76. The minimum Gasteiger partial charge on any atom is -0.378 e. The standard InChI is InChI=1S/C27H32N4O5S/c1-18(2)21-6-4-5-7-24(21)37-25-9-8-20(16-23(25)31(34)35)19(3)26(32)30-11-10-28-22(17-30)27(33)29-12-14-36-15-13-29/h4-9,16,18,22,28H,3,10-15,17H2,1-2H3. The molecule has 2 heterocycles. The smallest absolute Gasteiger partial charge is 0.283 e. The monoisotopic (exact) mass is 524 g/mol. The fourth-order valence-corrected chi connectivity index (χ4v) is 5.70. The first-order valence-corrected chi connectivity index (χ1v) is 13.2. The van der Waals surface area contributed by atoms with Crippen LogP contribution in [0, 0.1) is 10.1 Å². The molecule has 2 aliphatic rings. The van der Waals surface area contributed by atoms with Crippen molar-refractivity contribution in [1.29, 1.82) is 0 Å². The summed E-state index contributed by atoms with van der Waals surface area (Å²) in [6, 6.07) is 12.2. The van der Waals surface area contributed by atoms with Gasteiger partial charge in [-0.1, -0.05) is 56.5 Å². The van der Waals surface area contributed by atoms with E-state index >= 15 is 0 Å². The van der Waals surface area contributed by atoms with Gasteiger partial charge in [-0.2, -0.15) is 0 Å². The van der Waals surface area contributed by atoms with Crippen LogP contribution in [0.25, 0.3) is 5.57 Å². The van der Waals surface area contributed by atoms with Crippen LogP contribution < -0.4 is 5.32 Å². The van der Waals surface area contributed by atoms with E-state index in [1.54, 1.807) is 21.9 Å². The van der Waals surface area contributed by atoms with Crippen molar-refractivity contribution in [1.82, 2.24) is 15.1 Å². The first kappa shape index (κ1) is 26.8. The molecule has 0 aliphatic carbocycles. The molecule has 0 saturated carbocycles. The van der Waals surface area contributed by atoms with E-state index in [1.807, 2.05) is 24.3 Å². The number of nitro groups is 1. The first-order chi connectivity index (χ1) is 17.8. The van der Waals surface area contributed by atoms with Crippen molar-refractivity contribution in [3.63, 3.8) is 0 Å². The number of carbonyl (C=O) groups is 2. The molecule has 0 bridgehead atoms. The number of hydrogen-bond donors (Lipinski definition) is 1. The number of rotatable bonds is 7. The maximum Gasteiger partial charge on any atom is 0.283 e. The number of morpholine rings is 1. The highest BCUT2D eigenvalue weighted by atomic mass is 32.2. The van der Waals surface area contributed by atoms with Crippen LogP contribution in [0.2, 0.25) is 0 Å². The van der Waals surface area contributed by atoms with Gasteiger partial charge in [0, 0.05) is 49.3 Å². The highest BCUT2D eigenvalue weighted by Gasteiger charge is 2.32. The molecule has 2 aliphatic heterocycles. The summed E-state index contributed by atoms with van der Waals surface area (Å²) in [5.74, 6) is -0.108. The Morgan fingerprint density at radius 3 is 2.54 bits per heavy atom. The van der Waals surface area contributed by atoms with Crippen LogP contribution in [0.3, 0.4) is 0 Å². The van der Waals surface area contributed by atoms with E-state index in [-0.39, 0.29) is 35.5 Å². The Morgan fingerprint density at radius 1 is 1.11 bits per heavy atom. The SMILES string of the molecule is C=C(C(=O)N1CCNC(C(=O)N2CCOCC2)C1)c1ccc(Sc2ccccc2C(C)C)c([N+](=O)[O-])c1. The van der Waals surface area contributed by atoms with Crippen molar-refractivity contribution in [2.75, 3.05) is 45.9 Å². The van der Waals surface area contributed by atoms with Gasteiger partial charge in [0.25, 0.3) is 11.6 Å². The van der Waals surface area contributed by atoms with Crippen LogP contribution in [0.1, 0.15) is 30.9 Å². The van der Waals surface area contributed by atoms with Gasteiger partial charge < -0.3 is 19.9 Å². The molecular formula is C27H32N4O5S. The molecule has 2 fully saturated rings. The van der Waals surface area contributed by atoms with Crippen molar-refractivity contribution in [3.05, 3.63) is 70.3 Å². The number of benzene rings is 2. The predicted molar refractivity (Wildman–Crippen MR) is 143 cm³/mol. The summed E-state index contributed by atoms with van der Waals surface area (Å²) in [6.07, 6.45) is 0. The van der Waals surface area contributed by atoms with Gasteiger partial charge >= 0.3 is 0 Å². The largest absolute Gasteiger partial charge is 0.378 e. The topological polar surface area (TPSA) is 105 Å². The second-order valence-corrected chi connectivity index (χ2v) is 10.5. The second kappa shape index (κ2) is 11.9. The third-order valence-electron chi connectivity index (χ3n) is 6.61. The summed E-state index contributed by atoms with van der Waals surface area (Å²) in [4.78, 5) is 42.5. The Kier molecular flexibility index (Phi) is 8.63. The molecule has 2 saturated heterocycles. The van der Waals surface area contributed by atoms with Crippen molar-refractivity contribution in [2.45, 2.75) is 35.6 Å². The molecule has 4 rings (SSSR count). The van der Waals surface area contributed by atoms with Crippen molar-refractivity contribution in [2.24, 2.45) is 0 Å².